The minimum atomic E-state index is -3.95. The molecule has 3 aromatic carbocycles. The molecular weight excluding hydrogens is 446 g/mol. The first kappa shape index (κ1) is 23.5. The van der Waals surface area contributed by atoms with E-state index in [1.165, 1.54) is 24.3 Å². The number of hydrogen-bond donors (Lipinski definition) is 1. The van der Waals surface area contributed by atoms with Crippen molar-refractivity contribution < 1.29 is 13.2 Å². The van der Waals surface area contributed by atoms with Crippen LogP contribution in [-0.2, 0) is 27.8 Å². The van der Waals surface area contributed by atoms with E-state index in [1.807, 2.05) is 31.2 Å². The molecule has 0 bridgehead atoms. The third kappa shape index (κ3) is 6.17. The van der Waals surface area contributed by atoms with Crippen LogP contribution in [-0.4, -0.2) is 25.2 Å². The van der Waals surface area contributed by atoms with Crippen molar-refractivity contribution in [2.24, 2.45) is 0 Å². The maximum absolute atomic E-state index is 13.3. The number of benzene rings is 3. The monoisotopic (exact) mass is 467 g/mol. The van der Waals surface area contributed by atoms with Gasteiger partial charge in [0.05, 0.1) is 23.9 Å². The van der Waals surface area contributed by atoms with Crippen molar-refractivity contribution in [3.05, 3.63) is 94.5 Å². The summed E-state index contributed by atoms with van der Waals surface area (Å²) in [5.41, 5.74) is 3.17. The van der Waals surface area contributed by atoms with Gasteiger partial charge in [0.1, 0.15) is 0 Å². The molecule has 0 unspecified atom stereocenters. The molecule has 0 aromatic heterocycles. The fourth-order valence-electron chi connectivity index (χ4n) is 3.04. The molecule has 0 spiro atoms. The van der Waals surface area contributed by atoms with Crippen molar-refractivity contribution in [1.82, 2.24) is 4.31 Å². The lowest BCUT2D eigenvalue weighted by molar-refractivity contribution is -0.116. The zero-order valence-electron chi connectivity index (χ0n) is 17.5. The van der Waals surface area contributed by atoms with E-state index < -0.39 is 15.9 Å². The van der Waals surface area contributed by atoms with Gasteiger partial charge in [0, 0.05) is 17.3 Å². The predicted molar refractivity (Wildman–Crippen MR) is 125 cm³/mol. The highest BCUT2D eigenvalue weighted by Crippen LogP contribution is 2.21. The number of rotatable bonds is 8. The second-order valence-electron chi connectivity index (χ2n) is 7.29. The summed E-state index contributed by atoms with van der Waals surface area (Å²) in [5.74, 6) is -0.470. The van der Waals surface area contributed by atoms with Gasteiger partial charge in [0.25, 0.3) is 0 Å². The molecule has 0 aliphatic heterocycles. The Morgan fingerprint density at radius 3 is 2.16 bits per heavy atom. The third-order valence-corrected chi connectivity index (χ3v) is 6.83. The highest BCUT2D eigenvalue weighted by atomic mass is 35.5. The highest BCUT2D eigenvalue weighted by molar-refractivity contribution is 7.89. The van der Waals surface area contributed by atoms with Gasteiger partial charge in [-0.15, -0.1) is 0 Å². The van der Waals surface area contributed by atoms with Crippen molar-refractivity contribution in [2.45, 2.75) is 24.8 Å². The molecule has 0 saturated carbocycles. The van der Waals surface area contributed by atoms with Gasteiger partial charge in [0.15, 0.2) is 0 Å². The van der Waals surface area contributed by atoms with Gasteiger partial charge in [-0.25, -0.2) is 8.42 Å². The van der Waals surface area contributed by atoms with E-state index in [0.29, 0.717) is 10.7 Å². The lowest BCUT2D eigenvalue weighted by atomic mass is 10.1. The summed E-state index contributed by atoms with van der Waals surface area (Å²) in [6.07, 6.45) is 0.276. The molecule has 0 heterocycles. The Kier molecular flexibility index (Phi) is 7.65. The average molecular weight is 468 g/mol. The van der Waals surface area contributed by atoms with Crippen LogP contribution in [0.25, 0.3) is 0 Å². The molecular formula is C24H22ClN3O3S. The first-order chi connectivity index (χ1) is 15.3. The molecule has 8 heteroatoms. The third-order valence-electron chi connectivity index (χ3n) is 4.77. The summed E-state index contributed by atoms with van der Waals surface area (Å²) in [4.78, 5) is 12.8. The number of nitrogens with one attached hydrogen (secondary N) is 1. The molecule has 0 aliphatic rings. The number of sulfonamides is 1. The zero-order valence-corrected chi connectivity index (χ0v) is 19.0. The van der Waals surface area contributed by atoms with Gasteiger partial charge in [-0.3, -0.25) is 4.79 Å². The highest BCUT2D eigenvalue weighted by Gasteiger charge is 2.27. The summed E-state index contributed by atoms with van der Waals surface area (Å²) in [7, 11) is -3.95. The summed E-state index contributed by atoms with van der Waals surface area (Å²) in [6, 6.07) is 22.2. The quantitative estimate of drug-likeness (QED) is 0.526. The molecule has 3 rings (SSSR count). The van der Waals surface area contributed by atoms with E-state index in [2.05, 4.69) is 11.4 Å². The molecule has 0 atom stereocenters. The largest absolute Gasteiger partial charge is 0.325 e. The zero-order chi connectivity index (χ0) is 23.1. The second-order valence-corrected chi connectivity index (χ2v) is 9.67. The smallest absolute Gasteiger partial charge is 0.243 e. The van der Waals surface area contributed by atoms with E-state index in [-0.39, 0.29) is 24.4 Å². The van der Waals surface area contributed by atoms with Crippen LogP contribution < -0.4 is 5.32 Å². The van der Waals surface area contributed by atoms with Gasteiger partial charge in [-0.1, -0.05) is 53.6 Å². The number of nitriles is 1. The molecule has 0 aliphatic carbocycles. The van der Waals surface area contributed by atoms with Gasteiger partial charge >= 0.3 is 0 Å². The molecule has 6 nitrogen and oxygen atoms in total. The number of anilines is 1. The number of carbonyl (C=O) groups excluding carboxylic acids is 1. The molecule has 1 amide bonds. The fourth-order valence-corrected chi connectivity index (χ4v) is 4.55. The lowest BCUT2D eigenvalue weighted by Crippen LogP contribution is -2.37. The van der Waals surface area contributed by atoms with Crippen LogP contribution >= 0.6 is 11.6 Å². The first-order valence-electron chi connectivity index (χ1n) is 9.85. The van der Waals surface area contributed by atoms with Crippen LogP contribution in [0.4, 0.5) is 5.69 Å². The van der Waals surface area contributed by atoms with Crippen LogP contribution in [0.15, 0.2) is 77.7 Å². The molecule has 1 N–H and O–H groups in total. The molecule has 164 valence electrons. The van der Waals surface area contributed by atoms with Crippen molar-refractivity contribution in [1.29, 1.82) is 5.26 Å². The van der Waals surface area contributed by atoms with E-state index in [1.54, 1.807) is 24.3 Å². The summed E-state index contributed by atoms with van der Waals surface area (Å²) < 4.78 is 27.7. The van der Waals surface area contributed by atoms with Crippen molar-refractivity contribution in [2.75, 3.05) is 11.9 Å². The summed E-state index contributed by atoms with van der Waals surface area (Å²) in [5, 5.41) is 11.9. The Morgan fingerprint density at radius 2 is 1.56 bits per heavy atom. The number of amides is 1. The maximum Gasteiger partial charge on any atom is 0.243 e. The number of halogens is 1. The fraction of sp³-hybridized carbons (Fsp3) is 0.167. The predicted octanol–water partition coefficient (Wildman–Crippen LogP) is 4.54. The normalized spacial score (nSPS) is 11.2. The number of hydrogen-bond acceptors (Lipinski definition) is 4. The number of carbonyl (C=O) groups is 1. The van der Waals surface area contributed by atoms with Crippen LogP contribution in [0.2, 0.25) is 5.02 Å². The first-order valence-corrected chi connectivity index (χ1v) is 11.7. The van der Waals surface area contributed by atoms with Crippen LogP contribution in [0.3, 0.4) is 0 Å². The summed E-state index contributed by atoms with van der Waals surface area (Å²) >= 11 is 5.90. The lowest BCUT2D eigenvalue weighted by Gasteiger charge is -2.22. The number of nitrogens with zero attached hydrogens (tertiary/aromatic N) is 2. The van der Waals surface area contributed by atoms with Gasteiger partial charge in [0.2, 0.25) is 15.9 Å². The Bertz CT molecular complexity index is 1220. The van der Waals surface area contributed by atoms with Crippen LogP contribution in [0.5, 0.6) is 0 Å². The minimum absolute atomic E-state index is 0.0414. The Morgan fingerprint density at radius 1 is 0.969 bits per heavy atom. The topological polar surface area (TPSA) is 90.3 Å². The second kappa shape index (κ2) is 10.4. The van der Waals surface area contributed by atoms with Crippen LogP contribution in [0, 0.1) is 18.3 Å². The van der Waals surface area contributed by atoms with Gasteiger partial charge in [-0.2, -0.15) is 9.57 Å². The molecule has 0 radical (unpaired) electrons. The van der Waals surface area contributed by atoms with E-state index in [0.717, 1.165) is 21.0 Å². The SMILES string of the molecule is Cc1ccc(CN(CC(=O)Nc2ccc(CC#N)cc2)S(=O)(=O)c2ccc(Cl)cc2)cc1. The molecule has 0 fully saturated rings. The maximum atomic E-state index is 13.3. The molecule has 3 aromatic rings. The number of aryl methyl sites for hydroxylation is 1. The van der Waals surface area contributed by atoms with Crippen molar-refractivity contribution in [3.8, 4) is 6.07 Å². The van der Waals surface area contributed by atoms with E-state index >= 15 is 0 Å². The minimum Gasteiger partial charge on any atom is -0.325 e. The summed E-state index contributed by atoms with van der Waals surface area (Å²) in [6.45, 7) is 1.62. The van der Waals surface area contributed by atoms with Gasteiger partial charge < -0.3 is 5.32 Å². The standard InChI is InChI=1S/C24H22ClN3O3S/c1-18-2-4-20(5-3-18)16-28(32(30,31)23-12-8-21(25)9-13-23)17-24(29)27-22-10-6-19(7-11-22)14-15-26/h2-13H,14,16-17H2,1H3,(H,27,29). The Balaban J connectivity index is 1.82. The van der Waals surface area contributed by atoms with Crippen molar-refractivity contribution >= 4 is 33.2 Å². The van der Waals surface area contributed by atoms with E-state index in [4.69, 9.17) is 16.9 Å². The average Bonchev–Trinajstić information content (AvgIpc) is 2.76. The Labute approximate surface area is 193 Å². The molecule has 32 heavy (non-hydrogen) atoms. The van der Waals surface area contributed by atoms with Gasteiger partial charge in [-0.05, 0) is 54.4 Å². The van der Waals surface area contributed by atoms with Crippen LogP contribution in [0.1, 0.15) is 16.7 Å². The molecule has 0 saturated heterocycles. The Hall–Kier alpha value is -3.18. The van der Waals surface area contributed by atoms with E-state index in [9.17, 15) is 13.2 Å². The van der Waals surface area contributed by atoms with Crippen molar-refractivity contribution in [3.63, 3.8) is 0 Å².